The number of rotatable bonds is 4. The Morgan fingerprint density at radius 2 is 2.31 bits per heavy atom. The Morgan fingerprint density at radius 1 is 1.54 bits per heavy atom. The molecule has 0 aliphatic carbocycles. The number of nitrogens with zero attached hydrogens (tertiary/aromatic N) is 1. The van der Waals surface area contributed by atoms with Crippen LogP contribution < -0.4 is 5.32 Å². The lowest BCUT2D eigenvalue weighted by Gasteiger charge is -2.11. The molecule has 0 amide bonds. The molecule has 1 unspecified atom stereocenters. The monoisotopic (exact) mass is 196 g/mol. The van der Waals surface area contributed by atoms with E-state index in [4.69, 9.17) is 0 Å². The lowest BCUT2D eigenvalue weighted by molar-refractivity contribution is 0.582. The van der Waals surface area contributed by atoms with Gasteiger partial charge in [-0.05, 0) is 31.9 Å². The van der Waals surface area contributed by atoms with Crippen LogP contribution in [-0.4, -0.2) is 17.8 Å². The summed E-state index contributed by atoms with van der Waals surface area (Å²) in [6, 6.07) is 4.54. The van der Waals surface area contributed by atoms with Gasteiger partial charge in [0.2, 0.25) is 0 Å². The fourth-order valence-electron chi connectivity index (χ4n) is 1.18. The summed E-state index contributed by atoms with van der Waals surface area (Å²) in [5.74, 6) is 0. The SMILES string of the molecule is CCNC(C)c1ccc(SC)cn1. The summed E-state index contributed by atoms with van der Waals surface area (Å²) in [4.78, 5) is 5.60. The molecule has 0 saturated heterocycles. The predicted molar refractivity (Wildman–Crippen MR) is 58.1 cm³/mol. The molecular weight excluding hydrogens is 180 g/mol. The van der Waals surface area contributed by atoms with Gasteiger partial charge in [-0.1, -0.05) is 6.92 Å². The summed E-state index contributed by atoms with van der Waals surface area (Å²) < 4.78 is 0. The first-order valence-electron chi connectivity index (χ1n) is 4.51. The van der Waals surface area contributed by atoms with E-state index in [1.807, 2.05) is 6.20 Å². The summed E-state index contributed by atoms with van der Waals surface area (Å²) in [6.45, 7) is 5.21. The Kier molecular flexibility index (Phi) is 4.25. The molecule has 2 nitrogen and oxygen atoms in total. The second kappa shape index (κ2) is 5.25. The van der Waals surface area contributed by atoms with Crippen LogP contribution in [-0.2, 0) is 0 Å². The maximum atomic E-state index is 4.38. The third kappa shape index (κ3) is 3.01. The van der Waals surface area contributed by atoms with Crippen molar-refractivity contribution in [2.24, 2.45) is 0 Å². The van der Waals surface area contributed by atoms with Crippen LogP contribution in [0, 0.1) is 0 Å². The van der Waals surface area contributed by atoms with Gasteiger partial charge in [-0.2, -0.15) is 0 Å². The van der Waals surface area contributed by atoms with Gasteiger partial charge in [-0.25, -0.2) is 0 Å². The number of hydrogen-bond acceptors (Lipinski definition) is 3. The van der Waals surface area contributed by atoms with E-state index >= 15 is 0 Å². The molecule has 1 heterocycles. The lowest BCUT2D eigenvalue weighted by atomic mass is 10.2. The maximum Gasteiger partial charge on any atom is 0.0571 e. The van der Waals surface area contributed by atoms with Crippen LogP contribution in [0.3, 0.4) is 0 Å². The molecule has 1 rings (SSSR count). The van der Waals surface area contributed by atoms with Crippen LogP contribution in [0.15, 0.2) is 23.2 Å². The van der Waals surface area contributed by atoms with Crippen molar-refractivity contribution in [2.45, 2.75) is 24.8 Å². The molecule has 1 atom stereocenters. The van der Waals surface area contributed by atoms with Crippen LogP contribution >= 0.6 is 11.8 Å². The topological polar surface area (TPSA) is 24.9 Å². The first kappa shape index (κ1) is 10.5. The Balaban J connectivity index is 2.67. The number of nitrogens with one attached hydrogen (secondary N) is 1. The quantitative estimate of drug-likeness (QED) is 0.749. The van der Waals surface area contributed by atoms with E-state index in [1.165, 1.54) is 4.90 Å². The van der Waals surface area contributed by atoms with Crippen LogP contribution in [0.4, 0.5) is 0 Å². The zero-order chi connectivity index (χ0) is 9.68. The van der Waals surface area contributed by atoms with E-state index in [1.54, 1.807) is 11.8 Å². The first-order valence-corrected chi connectivity index (χ1v) is 5.73. The van der Waals surface area contributed by atoms with E-state index in [9.17, 15) is 0 Å². The molecule has 0 aromatic carbocycles. The summed E-state index contributed by atoms with van der Waals surface area (Å²) >= 11 is 1.72. The molecule has 0 spiro atoms. The molecule has 0 aliphatic rings. The van der Waals surface area contributed by atoms with Crippen molar-refractivity contribution in [3.05, 3.63) is 24.0 Å². The minimum atomic E-state index is 0.348. The summed E-state index contributed by atoms with van der Waals surface area (Å²) in [5.41, 5.74) is 1.11. The van der Waals surface area contributed by atoms with Crippen molar-refractivity contribution in [3.63, 3.8) is 0 Å². The van der Waals surface area contributed by atoms with Crippen LogP contribution in [0.25, 0.3) is 0 Å². The molecule has 0 saturated carbocycles. The summed E-state index contributed by atoms with van der Waals surface area (Å²) in [7, 11) is 0. The van der Waals surface area contributed by atoms with Crippen LogP contribution in [0.2, 0.25) is 0 Å². The van der Waals surface area contributed by atoms with Crippen molar-refractivity contribution in [3.8, 4) is 0 Å². The Hall–Kier alpha value is -0.540. The highest BCUT2D eigenvalue weighted by molar-refractivity contribution is 7.98. The van der Waals surface area contributed by atoms with Gasteiger partial charge in [0, 0.05) is 17.1 Å². The molecule has 0 fully saturated rings. The average Bonchev–Trinajstić information content (AvgIpc) is 2.18. The van der Waals surface area contributed by atoms with Crippen molar-refractivity contribution >= 4 is 11.8 Å². The van der Waals surface area contributed by atoms with Gasteiger partial charge < -0.3 is 5.32 Å². The molecule has 1 aromatic rings. The lowest BCUT2D eigenvalue weighted by Crippen LogP contribution is -2.18. The Bertz CT molecular complexity index is 246. The Labute approximate surface area is 84.1 Å². The van der Waals surface area contributed by atoms with Crippen molar-refractivity contribution < 1.29 is 0 Å². The molecule has 0 aliphatic heterocycles. The smallest absolute Gasteiger partial charge is 0.0571 e. The fourth-order valence-corrected chi connectivity index (χ4v) is 1.54. The molecule has 3 heteroatoms. The second-order valence-corrected chi connectivity index (χ2v) is 3.78. The average molecular weight is 196 g/mol. The summed E-state index contributed by atoms with van der Waals surface area (Å²) in [5, 5.41) is 3.33. The van der Waals surface area contributed by atoms with Gasteiger partial charge in [-0.15, -0.1) is 11.8 Å². The van der Waals surface area contributed by atoms with Gasteiger partial charge in [0.15, 0.2) is 0 Å². The van der Waals surface area contributed by atoms with Gasteiger partial charge in [0.25, 0.3) is 0 Å². The molecule has 0 bridgehead atoms. The number of aromatic nitrogens is 1. The number of thioether (sulfide) groups is 1. The third-order valence-electron chi connectivity index (χ3n) is 1.95. The fraction of sp³-hybridized carbons (Fsp3) is 0.500. The Morgan fingerprint density at radius 3 is 2.77 bits per heavy atom. The predicted octanol–water partition coefficient (Wildman–Crippen LogP) is 2.47. The molecular formula is C10H16N2S. The second-order valence-electron chi connectivity index (χ2n) is 2.90. The van der Waals surface area contributed by atoms with E-state index in [2.05, 4.69) is 42.5 Å². The third-order valence-corrected chi connectivity index (χ3v) is 2.66. The number of hydrogen-bond donors (Lipinski definition) is 1. The molecule has 0 radical (unpaired) electrons. The first-order chi connectivity index (χ1) is 6.27. The van der Waals surface area contributed by atoms with Gasteiger partial charge in [-0.3, -0.25) is 4.98 Å². The highest BCUT2D eigenvalue weighted by Gasteiger charge is 2.03. The number of pyridine rings is 1. The van der Waals surface area contributed by atoms with E-state index in [-0.39, 0.29) is 0 Å². The van der Waals surface area contributed by atoms with Gasteiger partial charge >= 0.3 is 0 Å². The zero-order valence-electron chi connectivity index (χ0n) is 8.37. The molecule has 72 valence electrons. The van der Waals surface area contributed by atoms with Crippen molar-refractivity contribution in [1.82, 2.24) is 10.3 Å². The van der Waals surface area contributed by atoms with Gasteiger partial charge in [0.05, 0.1) is 5.69 Å². The highest BCUT2D eigenvalue weighted by atomic mass is 32.2. The largest absolute Gasteiger partial charge is 0.309 e. The van der Waals surface area contributed by atoms with E-state index in [0.29, 0.717) is 6.04 Å². The highest BCUT2D eigenvalue weighted by Crippen LogP contribution is 2.15. The standard InChI is InChI=1S/C10H16N2S/c1-4-11-8(2)10-6-5-9(13-3)7-12-10/h5-8,11H,4H2,1-3H3. The molecule has 1 aromatic heterocycles. The minimum absolute atomic E-state index is 0.348. The van der Waals surface area contributed by atoms with E-state index < -0.39 is 0 Å². The molecule has 1 N–H and O–H groups in total. The van der Waals surface area contributed by atoms with Crippen molar-refractivity contribution in [2.75, 3.05) is 12.8 Å². The summed E-state index contributed by atoms with van der Waals surface area (Å²) in [6.07, 6.45) is 3.98. The minimum Gasteiger partial charge on any atom is -0.309 e. The molecule has 13 heavy (non-hydrogen) atoms. The zero-order valence-corrected chi connectivity index (χ0v) is 9.19. The van der Waals surface area contributed by atoms with E-state index in [0.717, 1.165) is 12.2 Å². The van der Waals surface area contributed by atoms with Crippen LogP contribution in [0.1, 0.15) is 25.6 Å². The van der Waals surface area contributed by atoms with Crippen LogP contribution in [0.5, 0.6) is 0 Å². The van der Waals surface area contributed by atoms with Crippen molar-refractivity contribution in [1.29, 1.82) is 0 Å². The maximum absolute atomic E-state index is 4.38. The normalized spacial score (nSPS) is 12.8. The van der Waals surface area contributed by atoms with Gasteiger partial charge in [0.1, 0.15) is 0 Å².